The number of nitrogens with one attached hydrogen (secondary N) is 1. The molecule has 0 spiro atoms. The molecule has 2 aliphatic heterocycles. The molecule has 1 N–H and O–H groups in total. The first kappa shape index (κ1) is 11.0. The second kappa shape index (κ2) is 5.05. The van der Waals surface area contributed by atoms with Crippen molar-refractivity contribution in [2.45, 2.75) is 38.5 Å². The Labute approximate surface area is 99.8 Å². The smallest absolute Gasteiger partial charge is 0.00129 e. The highest BCUT2D eigenvalue weighted by atomic mass is 15.2. The van der Waals surface area contributed by atoms with Gasteiger partial charge in [0.1, 0.15) is 0 Å². The number of likely N-dealkylation sites (tertiary alicyclic amines) is 1. The van der Waals surface area contributed by atoms with E-state index in [1.54, 1.807) is 0 Å². The van der Waals surface area contributed by atoms with E-state index in [0.29, 0.717) is 0 Å². The quantitative estimate of drug-likeness (QED) is 0.784. The summed E-state index contributed by atoms with van der Waals surface area (Å²) in [5, 5.41) is 3.47. The van der Waals surface area contributed by atoms with E-state index in [1.807, 2.05) is 0 Å². The summed E-state index contributed by atoms with van der Waals surface area (Å²) in [6.45, 7) is 6.77. The van der Waals surface area contributed by atoms with E-state index >= 15 is 0 Å². The minimum absolute atomic E-state index is 0.988. The first-order valence-corrected chi connectivity index (χ1v) is 7.35. The summed E-state index contributed by atoms with van der Waals surface area (Å²) in [5.74, 6) is 3.14. The number of hydrogen-bond donors (Lipinski definition) is 1. The molecule has 3 aliphatic rings. The highest BCUT2D eigenvalue weighted by Gasteiger charge is 2.35. The Kier molecular flexibility index (Phi) is 3.49. The molecule has 3 fully saturated rings. The third-order valence-electron chi connectivity index (χ3n) is 5.05. The molecule has 0 aromatic rings. The third-order valence-corrected chi connectivity index (χ3v) is 5.05. The Morgan fingerprint density at radius 1 is 1.06 bits per heavy atom. The number of nitrogens with zero attached hydrogens (tertiary/aromatic N) is 1. The van der Waals surface area contributed by atoms with Gasteiger partial charge in [-0.3, -0.25) is 0 Å². The van der Waals surface area contributed by atoms with Crippen molar-refractivity contribution in [2.75, 3.05) is 32.7 Å². The molecule has 16 heavy (non-hydrogen) atoms. The third kappa shape index (κ3) is 2.43. The van der Waals surface area contributed by atoms with Crippen molar-refractivity contribution in [3.05, 3.63) is 0 Å². The van der Waals surface area contributed by atoms with E-state index in [2.05, 4.69) is 10.2 Å². The second-order valence-electron chi connectivity index (χ2n) is 6.21. The van der Waals surface area contributed by atoms with E-state index in [4.69, 9.17) is 0 Å². The molecule has 0 aromatic carbocycles. The maximum Gasteiger partial charge on any atom is 0.00129 e. The average molecular weight is 222 g/mol. The molecule has 0 amide bonds. The van der Waals surface area contributed by atoms with Gasteiger partial charge in [0.25, 0.3) is 0 Å². The van der Waals surface area contributed by atoms with Gasteiger partial charge in [0.2, 0.25) is 0 Å². The summed E-state index contributed by atoms with van der Waals surface area (Å²) in [6, 6.07) is 0. The Hall–Kier alpha value is -0.0800. The average Bonchev–Trinajstić information content (AvgIpc) is 2.91. The molecule has 3 unspecified atom stereocenters. The van der Waals surface area contributed by atoms with Crippen molar-refractivity contribution in [1.82, 2.24) is 10.2 Å². The molecule has 2 saturated heterocycles. The summed E-state index contributed by atoms with van der Waals surface area (Å²) < 4.78 is 0. The number of rotatable bonds is 4. The molecular formula is C14H26N2. The van der Waals surface area contributed by atoms with Crippen LogP contribution in [0.3, 0.4) is 0 Å². The van der Waals surface area contributed by atoms with Crippen LogP contribution < -0.4 is 5.32 Å². The lowest BCUT2D eigenvalue weighted by Crippen LogP contribution is -2.23. The summed E-state index contributed by atoms with van der Waals surface area (Å²) in [6.07, 6.45) is 8.87. The second-order valence-corrected chi connectivity index (χ2v) is 6.21. The topological polar surface area (TPSA) is 15.3 Å². The lowest BCUT2D eigenvalue weighted by atomic mass is 10.0. The molecule has 1 saturated carbocycles. The molecule has 3 rings (SSSR count). The van der Waals surface area contributed by atoms with Crippen LogP contribution in [0.15, 0.2) is 0 Å². The molecule has 0 bridgehead atoms. The lowest BCUT2D eigenvalue weighted by Gasteiger charge is -2.17. The van der Waals surface area contributed by atoms with E-state index in [0.717, 1.165) is 17.8 Å². The molecule has 0 radical (unpaired) electrons. The van der Waals surface area contributed by atoms with Crippen LogP contribution in [0.2, 0.25) is 0 Å². The molecule has 2 nitrogen and oxygen atoms in total. The molecular weight excluding hydrogens is 196 g/mol. The molecule has 92 valence electrons. The Morgan fingerprint density at radius 3 is 2.56 bits per heavy atom. The van der Waals surface area contributed by atoms with Crippen LogP contribution in [0.25, 0.3) is 0 Å². The van der Waals surface area contributed by atoms with Gasteiger partial charge in [0.05, 0.1) is 0 Å². The first-order chi connectivity index (χ1) is 7.92. The standard InChI is InChI=1S/C14H26N2/c1-4-13-10-16(11-14(13)5-1)8-2-3-12-6-7-15-9-12/h12-15H,1-11H2. The lowest BCUT2D eigenvalue weighted by molar-refractivity contribution is 0.295. The summed E-state index contributed by atoms with van der Waals surface area (Å²) in [7, 11) is 0. The maximum absolute atomic E-state index is 3.47. The van der Waals surface area contributed by atoms with E-state index in [9.17, 15) is 0 Å². The zero-order chi connectivity index (χ0) is 10.8. The summed E-state index contributed by atoms with van der Waals surface area (Å²) in [4.78, 5) is 2.75. The van der Waals surface area contributed by atoms with Crippen LogP contribution in [0, 0.1) is 17.8 Å². The van der Waals surface area contributed by atoms with Crippen LogP contribution in [0.1, 0.15) is 38.5 Å². The molecule has 1 aliphatic carbocycles. The van der Waals surface area contributed by atoms with Gasteiger partial charge in [-0.15, -0.1) is 0 Å². The van der Waals surface area contributed by atoms with Crippen molar-refractivity contribution >= 4 is 0 Å². The first-order valence-electron chi connectivity index (χ1n) is 7.35. The Bertz CT molecular complexity index is 211. The molecule has 2 heteroatoms. The fourth-order valence-electron chi connectivity index (χ4n) is 4.08. The Morgan fingerprint density at radius 2 is 1.88 bits per heavy atom. The normalized spacial score (nSPS) is 39.4. The van der Waals surface area contributed by atoms with Crippen molar-refractivity contribution in [3.63, 3.8) is 0 Å². The van der Waals surface area contributed by atoms with Crippen LogP contribution in [-0.2, 0) is 0 Å². The monoisotopic (exact) mass is 222 g/mol. The van der Waals surface area contributed by atoms with Gasteiger partial charge in [-0.25, -0.2) is 0 Å². The predicted molar refractivity (Wildman–Crippen MR) is 67.5 cm³/mol. The number of hydrogen-bond acceptors (Lipinski definition) is 2. The van der Waals surface area contributed by atoms with Gasteiger partial charge < -0.3 is 10.2 Å². The highest BCUT2D eigenvalue weighted by Crippen LogP contribution is 2.37. The summed E-state index contributed by atoms with van der Waals surface area (Å²) >= 11 is 0. The SMILES string of the molecule is C1CC2CN(CCCC3CCNC3)CC2C1. The largest absolute Gasteiger partial charge is 0.316 e. The van der Waals surface area contributed by atoms with Crippen LogP contribution in [-0.4, -0.2) is 37.6 Å². The van der Waals surface area contributed by atoms with E-state index < -0.39 is 0 Å². The highest BCUT2D eigenvalue weighted by molar-refractivity contribution is 4.88. The van der Waals surface area contributed by atoms with Crippen LogP contribution in [0.4, 0.5) is 0 Å². The fraction of sp³-hybridized carbons (Fsp3) is 1.00. The van der Waals surface area contributed by atoms with Crippen molar-refractivity contribution in [1.29, 1.82) is 0 Å². The Balaban J connectivity index is 1.33. The zero-order valence-electron chi connectivity index (χ0n) is 10.5. The van der Waals surface area contributed by atoms with Crippen molar-refractivity contribution < 1.29 is 0 Å². The van der Waals surface area contributed by atoms with Gasteiger partial charge in [-0.2, -0.15) is 0 Å². The van der Waals surface area contributed by atoms with E-state index in [1.165, 1.54) is 71.2 Å². The van der Waals surface area contributed by atoms with Gasteiger partial charge in [-0.1, -0.05) is 6.42 Å². The van der Waals surface area contributed by atoms with Crippen LogP contribution >= 0.6 is 0 Å². The zero-order valence-corrected chi connectivity index (χ0v) is 10.5. The predicted octanol–water partition coefficient (Wildman–Crippen LogP) is 2.11. The fourth-order valence-corrected chi connectivity index (χ4v) is 4.08. The molecule has 3 atom stereocenters. The van der Waals surface area contributed by atoms with E-state index in [-0.39, 0.29) is 0 Å². The number of fused-ring (bicyclic) bond motifs is 1. The minimum Gasteiger partial charge on any atom is -0.316 e. The minimum atomic E-state index is 0.988. The van der Waals surface area contributed by atoms with Gasteiger partial charge in [0, 0.05) is 13.1 Å². The van der Waals surface area contributed by atoms with Crippen molar-refractivity contribution in [3.8, 4) is 0 Å². The van der Waals surface area contributed by atoms with Gasteiger partial charge in [-0.05, 0) is 69.5 Å². The van der Waals surface area contributed by atoms with Crippen molar-refractivity contribution in [2.24, 2.45) is 17.8 Å². The molecule has 0 aromatic heterocycles. The molecule has 2 heterocycles. The maximum atomic E-state index is 3.47. The van der Waals surface area contributed by atoms with Gasteiger partial charge >= 0.3 is 0 Å². The summed E-state index contributed by atoms with van der Waals surface area (Å²) in [5.41, 5.74) is 0. The van der Waals surface area contributed by atoms with Crippen LogP contribution in [0.5, 0.6) is 0 Å². The van der Waals surface area contributed by atoms with Gasteiger partial charge in [0.15, 0.2) is 0 Å².